The van der Waals surface area contributed by atoms with Crippen LogP contribution in [0.1, 0.15) is 51.5 Å². The van der Waals surface area contributed by atoms with Gasteiger partial charge in [0.05, 0.1) is 13.7 Å². The largest absolute Gasteiger partial charge is 0.493 e. The molecule has 0 aliphatic heterocycles. The Kier molecular flexibility index (Phi) is 6.37. The van der Waals surface area contributed by atoms with Gasteiger partial charge < -0.3 is 14.8 Å². The molecule has 2 rings (SSSR count). The van der Waals surface area contributed by atoms with Crippen LogP contribution < -0.4 is 14.8 Å². The first kappa shape index (κ1) is 16.2. The lowest BCUT2D eigenvalue weighted by Gasteiger charge is -2.19. The van der Waals surface area contributed by atoms with Crippen LogP contribution in [0.3, 0.4) is 0 Å². The molecule has 0 radical (unpaired) electrons. The molecule has 0 spiro atoms. The maximum absolute atomic E-state index is 5.64. The average Bonchev–Trinajstić information content (AvgIpc) is 2.70. The summed E-state index contributed by atoms with van der Waals surface area (Å²) < 4.78 is 11.2. The van der Waals surface area contributed by atoms with E-state index in [1.165, 1.54) is 37.7 Å². The van der Waals surface area contributed by atoms with Gasteiger partial charge in [0.2, 0.25) is 0 Å². The first-order chi connectivity index (χ1) is 10.2. The molecule has 0 amide bonds. The molecule has 1 saturated carbocycles. The van der Waals surface area contributed by atoms with Gasteiger partial charge in [-0.3, -0.25) is 0 Å². The van der Waals surface area contributed by atoms with E-state index in [1.807, 2.05) is 19.1 Å². The van der Waals surface area contributed by atoms with Gasteiger partial charge in [-0.15, -0.1) is 0 Å². The third-order valence-corrected chi connectivity index (χ3v) is 4.40. The van der Waals surface area contributed by atoms with Crippen LogP contribution in [0.15, 0.2) is 18.2 Å². The SMILES string of the molecule is CCOc1cccc(CNC2CCCC(C)CC2)c1OC. The molecule has 3 heteroatoms. The van der Waals surface area contributed by atoms with E-state index in [0.717, 1.165) is 24.0 Å². The van der Waals surface area contributed by atoms with Gasteiger partial charge in [-0.1, -0.05) is 31.9 Å². The summed E-state index contributed by atoms with van der Waals surface area (Å²) in [4.78, 5) is 0. The summed E-state index contributed by atoms with van der Waals surface area (Å²) in [5.74, 6) is 2.59. The van der Waals surface area contributed by atoms with Crippen molar-refractivity contribution in [3.05, 3.63) is 23.8 Å². The Morgan fingerprint density at radius 2 is 2.05 bits per heavy atom. The molecule has 118 valence electrons. The normalized spacial score (nSPS) is 22.6. The van der Waals surface area contributed by atoms with Gasteiger partial charge >= 0.3 is 0 Å². The quantitative estimate of drug-likeness (QED) is 0.799. The summed E-state index contributed by atoms with van der Waals surface area (Å²) >= 11 is 0. The lowest BCUT2D eigenvalue weighted by Crippen LogP contribution is -2.28. The monoisotopic (exact) mass is 291 g/mol. The Morgan fingerprint density at radius 1 is 1.19 bits per heavy atom. The molecule has 2 unspecified atom stereocenters. The fourth-order valence-electron chi connectivity index (χ4n) is 3.15. The van der Waals surface area contributed by atoms with Gasteiger partial charge in [-0.25, -0.2) is 0 Å². The topological polar surface area (TPSA) is 30.5 Å². The second-order valence-corrected chi connectivity index (χ2v) is 6.07. The van der Waals surface area contributed by atoms with E-state index in [2.05, 4.69) is 18.3 Å². The lowest BCUT2D eigenvalue weighted by molar-refractivity contribution is 0.308. The van der Waals surface area contributed by atoms with Crippen LogP contribution in [0.25, 0.3) is 0 Å². The molecule has 1 N–H and O–H groups in total. The van der Waals surface area contributed by atoms with Crippen molar-refractivity contribution >= 4 is 0 Å². The molecule has 1 aliphatic rings. The van der Waals surface area contributed by atoms with E-state index >= 15 is 0 Å². The molecule has 3 nitrogen and oxygen atoms in total. The molecule has 0 aromatic heterocycles. The summed E-state index contributed by atoms with van der Waals surface area (Å²) in [5, 5.41) is 3.71. The van der Waals surface area contributed by atoms with Crippen molar-refractivity contribution in [2.45, 2.75) is 58.5 Å². The van der Waals surface area contributed by atoms with Crippen LogP contribution in [0, 0.1) is 5.92 Å². The van der Waals surface area contributed by atoms with Crippen LogP contribution in [0.4, 0.5) is 0 Å². The number of benzene rings is 1. The van der Waals surface area contributed by atoms with E-state index in [0.29, 0.717) is 12.6 Å². The molecule has 1 aromatic rings. The number of ether oxygens (including phenoxy) is 2. The standard InChI is InChI=1S/C18H29NO2/c1-4-21-17-10-6-8-15(18(17)20-3)13-19-16-9-5-7-14(2)11-12-16/h6,8,10,14,16,19H,4-5,7,9,11-13H2,1-3H3. The Labute approximate surface area is 129 Å². The van der Waals surface area contributed by atoms with Crippen molar-refractivity contribution in [2.24, 2.45) is 5.92 Å². The van der Waals surface area contributed by atoms with Crippen molar-refractivity contribution in [3.8, 4) is 11.5 Å². The molecule has 1 fully saturated rings. The van der Waals surface area contributed by atoms with Crippen molar-refractivity contribution in [1.29, 1.82) is 0 Å². The average molecular weight is 291 g/mol. The zero-order valence-corrected chi connectivity index (χ0v) is 13.7. The second-order valence-electron chi connectivity index (χ2n) is 6.07. The molecule has 0 bridgehead atoms. The van der Waals surface area contributed by atoms with E-state index in [-0.39, 0.29) is 0 Å². The Balaban J connectivity index is 1.97. The Hall–Kier alpha value is -1.22. The second kappa shape index (κ2) is 8.28. The van der Waals surface area contributed by atoms with Gasteiger partial charge in [-0.2, -0.15) is 0 Å². The predicted molar refractivity (Wildman–Crippen MR) is 87.0 cm³/mol. The fraction of sp³-hybridized carbons (Fsp3) is 0.667. The van der Waals surface area contributed by atoms with Crippen molar-refractivity contribution in [1.82, 2.24) is 5.32 Å². The highest BCUT2D eigenvalue weighted by Crippen LogP contribution is 2.31. The van der Waals surface area contributed by atoms with Crippen LogP contribution >= 0.6 is 0 Å². The van der Waals surface area contributed by atoms with E-state index in [4.69, 9.17) is 9.47 Å². The summed E-state index contributed by atoms with van der Waals surface area (Å²) in [6.07, 6.45) is 6.64. The predicted octanol–water partition coefficient (Wildman–Crippen LogP) is 4.15. The number of methoxy groups -OCH3 is 1. The number of nitrogens with one attached hydrogen (secondary N) is 1. The molecule has 2 atom stereocenters. The molecule has 1 aromatic carbocycles. The van der Waals surface area contributed by atoms with Crippen LogP contribution in [0.5, 0.6) is 11.5 Å². The first-order valence-electron chi connectivity index (χ1n) is 8.26. The van der Waals surface area contributed by atoms with Gasteiger partial charge in [0.15, 0.2) is 11.5 Å². The molecular formula is C18H29NO2. The van der Waals surface area contributed by atoms with E-state index in [1.54, 1.807) is 7.11 Å². The van der Waals surface area contributed by atoms with Gasteiger partial charge in [0.1, 0.15) is 0 Å². The highest BCUT2D eigenvalue weighted by atomic mass is 16.5. The minimum absolute atomic E-state index is 0.635. The third-order valence-electron chi connectivity index (χ3n) is 4.40. The number of para-hydroxylation sites is 1. The third kappa shape index (κ3) is 4.63. The van der Waals surface area contributed by atoms with Gasteiger partial charge in [0, 0.05) is 18.2 Å². The highest BCUT2D eigenvalue weighted by molar-refractivity contribution is 5.46. The molecular weight excluding hydrogens is 262 g/mol. The zero-order valence-electron chi connectivity index (χ0n) is 13.7. The number of rotatable bonds is 6. The summed E-state index contributed by atoms with van der Waals surface area (Å²) in [6, 6.07) is 6.77. The Morgan fingerprint density at radius 3 is 2.81 bits per heavy atom. The molecule has 21 heavy (non-hydrogen) atoms. The zero-order chi connectivity index (χ0) is 15.1. The summed E-state index contributed by atoms with van der Waals surface area (Å²) in [7, 11) is 1.72. The van der Waals surface area contributed by atoms with Crippen LogP contribution in [-0.2, 0) is 6.54 Å². The number of hydrogen-bond acceptors (Lipinski definition) is 3. The fourth-order valence-corrected chi connectivity index (χ4v) is 3.15. The smallest absolute Gasteiger partial charge is 0.165 e. The lowest BCUT2D eigenvalue weighted by atomic mass is 10.0. The van der Waals surface area contributed by atoms with Crippen molar-refractivity contribution in [3.63, 3.8) is 0 Å². The van der Waals surface area contributed by atoms with E-state index < -0.39 is 0 Å². The van der Waals surface area contributed by atoms with Crippen molar-refractivity contribution in [2.75, 3.05) is 13.7 Å². The van der Waals surface area contributed by atoms with E-state index in [9.17, 15) is 0 Å². The molecule has 1 aliphatic carbocycles. The van der Waals surface area contributed by atoms with Gasteiger partial charge in [-0.05, 0) is 38.2 Å². The van der Waals surface area contributed by atoms with Crippen molar-refractivity contribution < 1.29 is 9.47 Å². The van der Waals surface area contributed by atoms with Crippen LogP contribution in [0.2, 0.25) is 0 Å². The summed E-state index contributed by atoms with van der Waals surface area (Å²) in [6.45, 7) is 5.88. The van der Waals surface area contributed by atoms with Gasteiger partial charge in [0.25, 0.3) is 0 Å². The molecule has 0 heterocycles. The maximum atomic E-state index is 5.64. The molecule has 0 saturated heterocycles. The minimum Gasteiger partial charge on any atom is -0.493 e. The minimum atomic E-state index is 0.635. The Bertz CT molecular complexity index is 433. The number of hydrogen-bond donors (Lipinski definition) is 1. The summed E-state index contributed by atoms with van der Waals surface area (Å²) in [5.41, 5.74) is 1.18. The maximum Gasteiger partial charge on any atom is 0.165 e. The van der Waals surface area contributed by atoms with Crippen LogP contribution in [-0.4, -0.2) is 19.8 Å². The first-order valence-corrected chi connectivity index (χ1v) is 8.26. The highest BCUT2D eigenvalue weighted by Gasteiger charge is 2.17.